The molecule has 1 aromatic heterocycles. The summed E-state index contributed by atoms with van der Waals surface area (Å²) in [6.07, 6.45) is 1.74. The van der Waals surface area contributed by atoms with Crippen LogP contribution in [-0.2, 0) is 0 Å². The minimum absolute atomic E-state index is 0.120. The van der Waals surface area contributed by atoms with Crippen molar-refractivity contribution in [2.75, 3.05) is 0 Å². The molecule has 5 aromatic rings. The van der Waals surface area contributed by atoms with Gasteiger partial charge < -0.3 is 0 Å². The van der Waals surface area contributed by atoms with Crippen LogP contribution in [0.5, 0.6) is 0 Å². The van der Waals surface area contributed by atoms with Crippen LogP contribution in [0.25, 0.3) is 43.2 Å². The van der Waals surface area contributed by atoms with Crippen LogP contribution >= 0.6 is 0 Å². The maximum Gasteiger partial charge on any atom is 0.102 e. The highest BCUT2D eigenvalue weighted by Gasteiger charge is 2.20. The minimum Gasteiger partial charge on any atom is -0.256 e. The second-order valence-corrected chi connectivity index (χ2v) is 6.54. The average Bonchev–Trinajstić information content (AvgIpc) is 2.77. The predicted octanol–water partition coefficient (Wildman–Crippen LogP) is 5.31. The average molecular weight is 354 g/mol. The number of nitriles is 3. The second kappa shape index (κ2) is 5.78. The fourth-order valence-corrected chi connectivity index (χ4v) is 4.05. The summed E-state index contributed by atoms with van der Waals surface area (Å²) in [4.78, 5) is 4.59. The van der Waals surface area contributed by atoms with Gasteiger partial charge in [-0.25, -0.2) is 0 Å². The van der Waals surface area contributed by atoms with Crippen LogP contribution in [0.15, 0.2) is 60.8 Å². The Morgan fingerprint density at radius 3 is 2.21 bits per heavy atom. The van der Waals surface area contributed by atoms with E-state index in [0.717, 1.165) is 37.8 Å². The molecule has 5 rings (SSSR count). The molecule has 0 unspecified atom stereocenters. The summed E-state index contributed by atoms with van der Waals surface area (Å²) in [5.74, 6) is 0. The molecule has 0 bridgehead atoms. The summed E-state index contributed by atoms with van der Waals surface area (Å²) >= 11 is 0. The molecule has 0 amide bonds. The Balaban J connectivity index is 2.27. The van der Waals surface area contributed by atoms with E-state index in [1.165, 1.54) is 0 Å². The van der Waals surface area contributed by atoms with E-state index in [1.807, 2.05) is 48.5 Å². The lowest BCUT2D eigenvalue weighted by Gasteiger charge is -2.14. The van der Waals surface area contributed by atoms with Crippen LogP contribution in [-0.4, -0.2) is 4.98 Å². The molecule has 0 aliphatic heterocycles. The molecule has 0 aliphatic rings. The van der Waals surface area contributed by atoms with Gasteiger partial charge in [-0.1, -0.05) is 42.5 Å². The van der Waals surface area contributed by atoms with Crippen molar-refractivity contribution in [3.8, 4) is 18.2 Å². The lowest BCUT2D eigenvalue weighted by Crippen LogP contribution is -1.96. The first-order valence-corrected chi connectivity index (χ1v) is 8.67. The first-order chi connectivity index (χ1) is 13.8. The number of aromatic nitrogens is 1. The van der Waals surface area contributed by atoms with E-state index >= 15 is 0 Å². The van der Waals surface area contributed by atoms with Gasteiger partial charge in [0.2, 0.25) is 0 Å². The van der Waals surface area contributed by atoms with Crippen molar-refractivity contribution in [3.63, 3.8) is 0 Å². The van der Waals surface area contributed by atoms with Gasteiger partial charge in [0.05, 0.1) is 22.2 Å². The Morgan fingerprint density at radius 1 is 0.643 bits per heavy atom. The third kappa shape index (κ3) is 1.93. The Morgan fingerprint density at radius 2 is 1.43 bits per heavy atom. The van der Waals surface area contributed by atoms with Crippen molar-refractivity contribution < 1.29 is 0 Å². The number of fused-ring (bicyclic) bond motifs is 8. The van der Waals surface area contributed by atoms with Crippen molar-refractivity contribution in [3.05, 3.63) is 77.5 Å². The zero-order chi connectivity index (χ0) is 19.3. The van der Waals surface area contributed by atoms with E-state index in [1.54, 1.807) is 12.3 Å². The number of pyridine rings is 1. The maximum absolute atomic E-state index is 9.95. The van der Waals surface area contributed by atoms with Crippen LogP contribution in [0.1, 0.15) is 16.7 Å². The van der Waals surface area contributed by atoms with Crippen molar-refractivity contribution in [2.24, 2.45) is 0 Å². The summed E-state index contributed by atoms with van der Waals surface area (Å²) in [7, 11) is 0. The van der Waals surface area contributed by atoms with E-state index in [4.69, 9.17) is 0 Å². The standard InChI is InChI=1S/C24H10N4/c25-11-15-10-19-17-6-3-9-28-24(17)18-8-7-14-4-1-2-5-16(14)22(18)23(19)21(13-27)20(15)12-26/h1-10H. The first kappa shape index (κ1) is 15.8. The largest absolute Gasteiger partial charge is 0.256 e. The summed E-state index contributed by atoms with van der Waals surface area (Å²) in [6.45, 7) is 0. The van der Waals surface area contributed by atoms with Crippen molar-refractivity contribution in [2.45, 2.75) is 0 Å². The molecule has 0 spiro atoms. The summed E-state index contributed by atoms with van der Waals surface area (Å²) in [6, 6.07) is 23.8. The lowest BCUT2D eigenvalue weighted by atomic mass is 9.87. The van der Waals surface area contributed by atoms with Crippen LogP contribution < -0.4 is 0 Å². The van der Waals surface area contributed by atoms with Gasteiger partial charge in [0, 0.05) is 27.7 Å². The van der Waals surface area contributed by atoms with Crippen molar-refractivity contribution in [1.82, 2.24) is 4.98 Å². The number of nitrogens with zero attached hydrogens (tertiary/aromatic N) is 4. The van der Waals surface area contributed by atoms with Crippen LogP contribution in [0.4, 0.5) is 0 Å². The summed E-state index contributed by atoms with van der Waals surface area (Å²) < 4.78 is 0. The predicted molar refractivity (Wildman–Crippen MR) is 108 cm³/mol. The fraction of sp³-hybridized carbons (Fsp3) is 0. The molecular weight excluding hydrogens is 344 g/mol. The number of hydrogen-bond donors (Lipinski definition) is 0. The molecule has 0 radical (unpaired) electrons. The summed E-state index contributed by atoms with van der Waals surface area (Å²) in [5.41, 5.74) is 1.38. The molecule has 0 saturated heterocycles. The number of benzene rings is 4. The number of hydrogen-bond acceptors (Lipinski definition) is 4. The highest BCUT2D eigenvalue weighted by molar-refractivity contribution is 6.32. The second-order valence-electron chi connectivity index (χ2n) is 6.54. The minimum atomic E-state index is 0.120. The van der Waals surface area contributed by atoms with Gasteiger partial charge in [-0.3, -0.25) is 4.98 Å². The van der Waals surface area contributed by atoms with Crippen LogP contribution in [0, 0.1) is 34.0 Å². The fourth-order valence-electron chi connectivity index (χ4n) is 4.05. The Bertz CT molecular complexity index is 1590. The van der Waals surface area contributed by atoms with E-state index in [0.29, 0.717) is 5.39 Å². The molecule has 28 heavy (non-hydrogen) atoms. The Labute approximate surface area is 160 Å². The monoisotopic (exact) mass is 354 g/mol. The maximum atomic E-state index is 9.95. The Hall–Kier alpha value is -4.46. The van der Waals surface area contributed by atoms with Crippen LogP contribution in [0.2, 0.25) is 0 Å². The van der Waals surface area contributed by atoms with Crippen LogP contribution in [0.3, 0.4) is 0 Å². The van der Waals surface area contributed by atoms with Gasteiger partial charge >= 0.3 is 0 Å². The van der Waals surface area contributed by atoms with E-state index in [-0.39, 0.29) is 16.7 Å². The first-order valence-electron chi connectivity index (χ1n) is 8.67. The molecule has 126 valence electrons. The SMILES string of the molecule is N#Cc1cc2c3cccnc3c3ccc4ccccc4c3c2c(C#N)c1C#N. The summed E-state index contributed by atoms with van der Waals surface area (Å²) in [5, 5.41) is 35.3. The zero-order valence-corrected chi connectivity index (χ0v) is 14.6. The number of rotatable bonds is 0. The molecule has 4 heteroatoms. The topological polar surface area (TPSA) is 84.3 Å². The van der Waals surface area contributed by atoms with E-state index in [9.17, 15) is 15.8 Å². The molecule has 4 aromatic carbocycles. The van der Waals surface area contributed by atoms with Crippen molar-refractivity contribution in [1.29, 1.82) is 15.8 Å². The smallest absolute Gasteiger partial charge is 0.102 e. The van der Waals surface area contributed by atoms with Gasteiger partial charge in [0.25, 0.3) is 0 Å². The molecule has 0 fully saturated rings. The molecule has 1 heterocycles. The quantitative estimate of drug-likeness (QED) is 0.353. The molecule has 0 N–H and O–H groups in total. The highest BCUT2D eigenvalue weighted by Crippen LogP contribution is 2.40. The molecule has 0 aliphatic carbocycles. The van der Waals surface area contributed by atoms with Gasteiger partial charge in [0.1, 0.15) is 18.2 Å². The normalized spacial score (nSPS) is 10.8. The van der Waals surface area contributed by atoms with Gasteiger partial charge in [-0.2, -0.15) is 15.8 Å². The van der Waals surface area contributed by atoms with Crippen molar-refractivity contribution >= 4 is 43.2 Å². The van der Waals surface area contributed by atoms with Gasteiger partial charge in [0.15, 0.2) is 0 Å². The van der Waals surface area contributed by atoms with E-state index < -0.39 is 0 Å². The van der Waals surface area contributed by atoms with Gasteiger partial charge in [-0.15, -0.1) is 0 Å². The van der Waals surface area contributed by atoms with Gasteiger partial charge in [-0.05, 0) is 28.3 Å². The molecule has 4 nitrogen and oxygen atoms in total. The molecule has 0 atom stereocenters. The third-order valence-electron chi connectivity index (χ3n) is 5.20. The highest BCUT2D eigenvalue weighted by atomic mass is 14.6. The van der Waals surface area contributed by atoms with E-state index in [2.05, 4.69) is 23.2 Å². The lowest BCUT2D eigenvalue weighted by molar-refractivity contribution is 1.41. The molecule has 0 saturated carbocycles. The zero-order valence-electron chi connectivity index (χ0n) is 14.6. The third-order valence-corrected chi connectivity index (χ3v) is 5.20. The Kier molecular flexibility index (Phi) is 3.25. The molecular formula is C24H10N4.